The molecule has 0 bridgehead atoms. The van der Waals surface area contributed by atoms with Crippen LogP contribution in [-0.2, 0) is 6.42 Å². The SMILES string of the molecule is CNc1ncc(NC(Cc2c[nH]c3ccccc23)c2ccccc2)cc1OC. The van der Waals surface area contributed by atoms with Crippen molar-refractivity contribution in [1.82, 2.24) is 9.97 Å². The molecule has 0 saturated heterocycles. The van der Waals surface area contributed by atoms with Crippen LogP contribution in [0.1, 0.15) is 17.2 Å². The summed E-state index contributed by atoms with van der Waals surface area (Å²) in [6.45, 7) is 0. The van der Waals surface area contributed by atoms with Crippen molar-refractivity contribution >= 4 is 22.4 Å². The first kappa shape index (κ1) is 17.9. The molecule has 0 amide bonds. The maximum absolute atomic E-state index is 5.46. The Balaban J connectivity index is 1.67. The molecule has 5 nitrogen and oxygen atoms in total. The smallest absolute Gasteiger partial charge is 0.168 e. The Hall–Kier alpha value is -3.47. The minimum Gasteiger partial charge on any atom is -0.493 e. The monoisotopic (exact) mass is 372 g/mol. The Kier molecular flexibility index (Phi) is 5.15. The topological polar surface area (TPSA) is 62.0 Å². The van der Waals surface area contributed by atoms with Gasteiger partial charge in [-0.2, -0.15) is 0 Å². The number of fused-ring (bicyclic) bond motifs is 1. The van der Waals surface area contributed by atoms with E-state index in [-0.39, 0.29) is 6.04 Å². The predicted octanol–water partition coefficient (Wildman–Crippen LogP) is 5.01. The summed E-state index contributed by atoms with van der Waals surface area (Å²) in [6.07, 6.45) is 4.79. The lowest BCUT2D eigenvalue weighted by Gasteiger charge is -2.21. The minimum atomic E-state index is 0.104. The van der Waals surface area contributed by atoms with E-state index in [1.807, 2.05) is 25.4 Å². The van der Waals surface area contributed by atoms with E-state index in [0.717, 1.165) is 23.4 Å². The lowest BCUT2D eigenvalue weighted by atomic mass is 9.98. The third-order valence-electron chi connectivity index (χ3n) is 4.95. The molecule has 0 aliphatic rings. The molecule has 0 aliphatic carbocycles. The highest BCUT2D eigenvalue weighted by Crippen LogP contribution is 2.30. The number of H-pyrrole nitrogens is 1. The first-order valence-corrected chi connectivity index (χ1v) is 9.36. The van der Waals surface area contributed by atoms with Gasteiger partial charge in [-0.1, -0.05) is 48.5 Å². The van der Waals surface area contributed by atoms with Gasteiger partial charge in [0, 0.05) is 30.2 Å². The molecule has 0 fully saturated rings. The van der Waals surface area contributed by atoms with Gasteiger partial charge in [-0.3, -0.25) is 0 Å². The van der Waals surface area contributed by atoms with Gasteiger partial charge in [-0.05, 0) is 23.6 Å². The van der Waals surface area contributed by atoms with Crippen LogP contribution in [0.4, 0.5) is 11.5 Å². The third kappa shape index (κ3) is 3.64. The second kappa shape index (κ2) is 8.05. The van der Waals surface area contributed by atoms with Crippen molar-refractivity contribution in [1.29, 1.82) is 0 Å². The third-order valence-corrected chi connectivity index (χ3v) is 4.95. The molecule has 3 N–H and O–H groups in total. The van der Waals surface area contributed by atoms with Crippen LogP contribution in [0.3, 0.4) is 0 Å². The van der Waals surface area contributed by atoms with Gasteiger partial charge in [0.25, 0.3) is 0 Å². The van der Waals surface area contributed by atoms with Gasteiger partial charge in [0.2, 0.25) is 0 Å². The lowest BCUT2D eigenvalue weighted by Crippen LogP contribution is -2.14. The number of hydrogen-bond acceptors (Lipinski definition) is 4. The number of para-hydroxylation sites is 1. The molecule has 2 heterocycles. The van der Waals surface area contributed by atoms with Crippen molar-refractivity contribution in [2.45, 2.75) is 12.5 Å². The van der Waals surface area contributed by atoms with E-state index in [9.17, 15) is 0 Å². The zero-order chi connectivity index (χ0) is 19.3. The highest BCUT2D eigenvalue weighted by molar-refractivity contribution is 5.83. The fourth-order valence-electron chi connectivity index (χ4n) is 3.53. The van der Waals surface area contributed by atoms with Crippen LogP contribution in [0, 0.1) is 0 Å². The number of nitrogens with one attached hydrogen (secondary N) is 3. The van der Waals surface area contributed by atoms with E-state index in [2.05, 4.69) is 75.3 Å². The largest absolute Gasteiger partial charge is 0.493 e. The zero-order valence-electron chi connectivity index (χ0n) is 16.1. The Morgan fingerprint density at radius 3 is 2.64 bits per heavy atom. The van der Waals surface area contributed by atoms with Crippen LogP contribution in [0.15, 0.2) is 73.1 Å². The molecule has 28 heavy (non-hydrogen) atoms. The van der Waals surface area contributed by atoms with E-state index in [1.165, 1.54) is 16.5 Å². The number of nitrogens with zero attached hydrogens (tertiary/aromatic N) is 1. The number of aromatic nitrogens is 2. The Morgan fingerprint density at radius 2 is 1.86 bits per heavy atom. The zero-order valence-corrected chi connectivity index (χ0v) is 16.1. The lowest BCUT2D eigenvalue weighted by molar-refractivity contribution is 0.415. The number of methoxy groups -OCH3 is 1. The van der Waals surface area contributed by atoms with Crippen LogP contribution >= 0.6 is 0 Å². The second-order valence-corrected chi connectivity index (χ2v) is 6.70. The summed E-state index contributed by atoms with van der Waals surface area (Å²) in [6, 6.07) is 21.0. The van der Waals surface area contributed by atoms with Gasteiger partial charge in [-0.25, -0.2) is 4.98 Å². The molecule has 0 radical (unpaired) electrons. The second-order valence-electron chi connectivity index (χ2n) is 6.70. The molecule has 0 saturated carbocycles. The van der Waals surface area contributed by atoms with Crippen LogP contribution in [0.5, 0.6) is 5.75 Å². The average molecular weight is 372 g/mol. The summed E-state index contributed by atoms with van der Waals surface area (Å²) in [5, 5.41) is 7.94. The summed E-state index contributed by atoms with van der Waals surface area (Å²) in [7, 11) is 3.49. The van der Waals surface area contributed by atoms with Crippen LogP contribution < -0.4 is 15.4 Å². The van der Waals surface area contributed by atoms with Crippen molar-refractivity contribution in [3.8, 4) is 5.75 Å². The summed E-state index contributed by atoms with van der Waals surface area (Å²) in [4.78, 5) is 7.83. The number of anilines is 2. The maximum atomic E-state index is 5.46. The molecule has 5 heteroatoms. The van der Waals surface area contributed by atoms with Crippen molar-refractivity contribution in [3.63, 3.8) is 0 Å². The van der Waals surface area contributed by atoms with Gasteiger partial charge in [0.05, 0.1) is 25.0 Å². The number of rotatable bonds is 7. The van der Waals surface area contributed by atoms with Crippen LogP contribution in [-0.4, -0.2) is 24.1 Å². The highest BCUT2D eigenvalue weighted by Gasteiger charge is 2.16. The van der Waals surface area contributed by atoms with Crippen LogP contribution in [0.25, 0.3) is 10.9 Å². The fraction of sp³-hybridized carbons (Fsp3) is 0.174. The molecular weight excluding hydrogens is 348 g/mol. The molecule has 1 unspecified atom stereocenters. The first-order chi connectivity index (χ1) is 13.8. The normalized spacial score (nSPS) is 11.9. The van der Waals surface area contributed by atoms with Gasteiger partial charge in [0.15, 0.2) is 11.6 Å². The predicted molar refractivity (Wildman–Crippen MR) is 115 cm³/mol. The van der Waals surface area contributed by atoms with Gasteiger partial charge in [-0.15, -0.1) is 0 Å². The average Bonchev–Trinajstić information content (AvgIpc) is 3.16. The number of pyridine rings is 1. The number of aromatic amines is 1. The van der Waals surface area contributed by atoms with Crippen molar-refractivity contribution < 1.29 is 4.74 Å². The summed E-state index contributed by atoms with van der Waals surface area (Å²) in [5.74, 6) is 1.44. The summed E-state index contributed by atoms with van der Waals surface area (Å²) in [5.41, 5.74) is 4.59. The molecular formula is C23H24N4O. The molecule has 2 aromatic carbocycles. The summed E-state index contributed by atoms with van der Waals surface area (Å²) >= 11 is 0. The molecule has 0 aliphatic heterocycles. The number of benzene rings is 2. The van der Waals surface area contributed by atoms with Crippen molar-refractivity contribution in [2.24, 2.45) is 0 Å². The Bertz CT molecular complexity index is 1060. The van der Waals surface area contributed by atoms with Crippen molar-refractivity contribution in [2.75, 3.05) is 24.8 Å². The highest BCUT2D eigenvalue weighted by atomic mass is 16.5. The number of hydrogen-bond donors (Lipinski definition) is 3. The molecule has 0 spiro atoms. The van der Waals surface area contributed by atoms with E-state index >= 15 is 0 Å². The van der Waals surface area contributed by atoms with E-state index < -0.39 is 0 Å². The maximum Gasteiger partial charge on any atom is 0.168 e. The van der Waals surface area contributed by atoms with Crippen molar-refractivity contribution in [3.05, 3.63) is 84.2 Å². The fourth-order valence-corrected chi connectivity index (χ4v) is 3.53. The van der Waals surface area contributed by atoms with Crippen LogP contribution in [0.2, 0.25) is 0 Å². The molecule has 142 valence electrons. The molecule has 2 aromatic heterocycles. The van der Waals surface area contributed by atoms with E-state index in [4.69, 9.17) is 4.74 Å². The first-order valence-electron chi connectivity index (χ1n) is 9.36. The van der Waals surface area contributed by atoms with E-state index in [1.54, 1.807) is 7.11 Å². The van der Waals surface area contributed by atoms with Gasteiger partial charge < -0.3 is 20.4 Å². The van der Waals surface area contributed by atoms with Gasteiger partial charge >= 0.3 is 0 Å². The molecule has 4 rings (SSSR count). The Labute approximate surface area is 164 Å². The molecule has 4 aromatic rings. The number of ether oxygens (including phenoxy) is 1. The standard InChI is InChI=1S/C23H24N4O/c1-24-23-22(28-2)13-18(15-26-23)27-21(16-8-4-3-5-9-16)12-17-14-25-20-11-7-6-10-19(17)20/h3-11,13-15,21,25,27H,12H2,1-2H3,(H,24,26). The molecule has 1 atom stereocenters. The Morgan fingerprint density at radius 1 is 1.07 bits per heavy atom. The quantitative estimate of drug-likeness (QED) is 0.427. The van der Waals surface area contributed by atoms with E-state index in [0.29, 0.717) is 5.75 Å². The van der Waals surface area contributed by atoms with Gasteiger partial charge in [0.1, 0.15) is 0 Å². The minimum absolute atomic E-state index is 0.104. The summed E-state index contributed by atoms with van der Waals surface area (Å²) < 4.78 is 5.46.